The first-order chi connectivity index (χ1) is 15.9. The lowest BCUT2D eigenvalue weighted by Gasteiger charge is -2.29. The molecule has 172 valence electrons. The molecule has 0 aliphatic heterocycles. The van der Waals surface area contributed by atoms with Crippen molar-refractivity contribution in [2.24, 2.45) is 5.92 Å². The number of pyridine rings is 2. The van der Waals surface area contributed by atoms with Gasteiger partial charge in [-0.05, 0) is 62.4 Å². The van der Waals surface area contributed by atoms with Gasteiger partial charge >= 0.3 is 0 Å². The second-order valence-corrected chi connectivity index (χ2v) is 8.73. The Labute approximate surface area is 197 Å². The summed E-state index contributed by atoms with van der Waals surface area (Å²) in [6.07, 6.45) is 5.12. The first-order valence-corrected chi connectivity index (χ1v) is 11.4. The largest absolute Gasteiger partial charge is 0.374 e. The highest BCUT2D eigenvalue weighted by Gasteiger charge is 2.27. The van der Waals surface area contributed by atoms with E-state index in [1.54, 1.807) is 37.4 Å². The number of carbonyl (C=O) groups is 1. The van der Waals surface area contributed by atoms with Crippen LogP contribution in [0.4, 0.5) is 15.8 Å². The standard InChI is InChI=1S/C25H26ClFN4O2/c1-16(32)31(15-17-4-5-17)23-10-6-19(13-21(23)26)22-9-8-20(14-29-22)30-24(33)11-7-18-3-2-12-28-25(18)27/h2-3,6,8-10,12-14,16-17,32H,4-5,7,11,15H2,1H3,(H,30,33). The molecule has 1 aliphatic carbocycles. The van der Waals surface area contributed by atoms with Crippen LogP contribution < -0.4 is 10.2 Å². The van der Waals surface area contributed by atoms with Crippen LogP contribution in [-0.2, 0) is 11.2 Å². The minimum absolute atomic E-state index is 0.141. The molecule has 0 bridgehead atoms. The topological polar surface area (TPSA) is 78.4 Å². The SMILES string of the molecule is CC(O)N(CC1CC1)c1ccc(-c2ccc(NC(=O)CCc3cccnc3F)cn2)cc1Cl. The number of aryl methyl sites for hydroxylation is 1. The molecule has 1 aliphatic rings. The Bertz CT molecular complexity index is 1120. The van der Waals surface area contributed by atoms with Gasteiger partial charge in [0.15, 0.2) is 0 Å². The lowest BCUT2D eigenvalue weighted by atomic mass is 10.1. The first kappa shape index (κ1) is 23.1. The Morgan fingerprint density at radius 1 is 1.27 bits per heavy atom. The number of aliphatic hydroxyl groups excluding tert-OH is 1. The Morgan fingerprint density at radius 3 is 2.73 bits per heavy atom. The number of nitrogens with zero attached hydrogens (tertiary/aromatic N) is 3. The zero-order chi connectivity index (χ0) is 23.4. The van der Waals surface area contributed by atoms with Crippen LogP contribution in [0.3, 0.4) is 0 Å². The fourth-order valence-corrected chi connectivity index (χ4v) is 3.94. The lowest BCUT2D eigenvalue weighted by molar-refractivity contribution is -0.116. The number of aliphatic hydroxyl groups is 1. The van der Waals surface area contributed by atoms with Crippen LogP contribution in [-0.4, -0.2) is 33.8 Å². The number of benzene rings is 1. The number of hydrogen-bond acceptors (Lipinski definition) is 5. The molecular formula is C25H26ClFN4O2. The van der Waals surface area contributed by atoms with Crippen LogP contribution in [0.5, 0.6) is 0 Å². The van der Waals surface area contributed by atoms with Gasteiger partial charge in [0.05, 0.1) is 28.3 Å². The quantitative estimate of drug-likeness (QED) is 0.339. The van der Waals surface area contributed by atoms with E-state index in [0.717, 1.165) is 17.8 Å². The minimum Gasteiger partial charge on any atom is -0.374 e. The number of rotatable bonds is 9. The summed E-state index contributed by atoms with van der Waals surface area (Å²) in [5, 5.41) is 13.5. The third-order valence-corrected chi connectivity index (χ3v) is 5.96. The van der Waals surface area contributed by atoms with E-state index in [9.17, 15) is 14.3 Å². The summed E-state index contributed by atoms with van der Waals surface area (Å²) < 4.78 is 13.6. The summed E-state index contributed by atoms with van der Waals surface area (Å²) in [4.78, 5) is 22.2. The maximum Gasteiger partial charge on any atom is 0.224 e. The van der Waals surface area contributed by atoms with Gasteiger partial charge in [-0.3, -0.25) is 9.78 Å². The maximum absolute atomic E-state index is 13.6. The zero-order valence-corrected chi connectivity index (χ0v) is 19.1. The van der Waals surface area contributed by atoms with Crippen LogP contribution in [0, 0.1) is 11.9 Å². The molecule has 2 aromatic heterocycles. The van der Waals surface area contributed by atoms with Crippen molar-refractivity contribution in [3.63, 3.8) is 0 Å². The summed E-state index contributed by atoms with van der Waals surface area (Å²) in [6.45, 7) is 2.53. The van der Waals surface area contributed by atoms with Crippen molar-refractivity contribution >= 4 is 28.9 Å². The van der Waals surface area contributed by atoms with Crippen LogP contribution in [0.25, 0.3) is 11.3 Å². The van der Waals surface area contributed by atoms with E-state index in [2.05, 4.69) is 15.3 Å². The normalized spacial score (nSPS) is 14.1. The predicted molar refractivity (Wildman–Crippen MR) is 128 cm³/mol. The van der Waals surface area contributed by atoms with E-state index in [-0.39, 0.29) is 18.7 Å². The molecule has 3 aromatic rings. The molecule has 0 radical (unpaired) electrons. The summed E-state index contributed by atoms with van der Waals surface area (Å²) in [5.41, 5.74) is 3.32. The van der Waals surface area contributed by atoms with Crippen molar-refractivity contribution in [2.75, 3.05) is 16.8 Å². The summed E-state index contributed by atoms with van der Waals surface area (Å²) in [7, 11) is 0. The van der Waals surface area contributed by atoms with Crippen molar-refractivity contribution < 1.29 is 14.3 Å². The van der Waals surface area contributed by atoms with Gasteiger partial charge in [0.25, 0.3) is 0 Å². The number of anilines is 2. The minimum atomic E-state index is -0.621. The van der Waals surface area contributed by atoms with E-state index < -0.39 is 12.2 Å². The zero-order valence-electron chi connectivity index (χ0n) is 18.3. The number of aromatic nitrogens is 2. The third-order valence-electron chi connectivity index (χ3n) is 5.66. The van der Waals surface area contributed by atoms with Crippen LogP contribution in [0.15, 0.2) is 54.9 Å². The molecule has 6 nitrogen and oxygen atoms in total. The van der Waals surface area contributed by atoms with E-state index in [1.807, 2.05) is 23.1 Å². The van der Waals surface area contributed by atoms with Crippen molar-refractivity contribution in [2.45, 2.75) is 38.8 Å². The van der Waals surface area contributed by atoms with Gasteiger partial charge in [-0.1, -0.05) is 23.7 Å². The molecule has 8 heteroatoms. The number of hydrogen-bond donors (Lipinski definition) is 2. The maximum atomic E-state index is 13.6. The van der Waals surface area contributed by atoms with Gasteiger partial charge < -0.3 is 15.3 Å². The van der Waals surface area contributed by atoms with Crippen molar-refractivity contribution in [3.05, 3.63) is 71.4 Å². The van der Waals surface area contributed by atoms with Gasteiger partial charge in [-0.25, -0.2) is 4.98 Å². The predicted octanol–water partition coefficient (Wildman–Crippen LogP) is 5.06. The molecule has 2 N–H and O–H groups in total. The van der Waals surface area contributed by atoms with Crippen molar-refractivity contribution in [1.29, 1.82) is 0 Å². The molecule has 33 heavy (non-hydrogen) atoms. The average molecular weight is 469 g/mol. The lowest BCUT2D eigenvalue weighted by Crippen LogP contribution is -2.34. The first-order valence-electron chi connectivity index (χ1n) is 11.0. The molecular weight excluding hydrogens is 443 g/mol. The molecule has 1 fully saturated rings. The second-order valence-electron chi connectivity index (χ2n) is 8.33. The smallest absolute Gasteiger partial charge is 0.224 e. The van der Waals surface area contributed by atoms with Crippen molar-refractivity contribution in [3.8, 4) is 11.3 Å². The summed E-state index contributed by atoms with van der Waals surface area (Å²) >= 11 is 6.55. The molecule has 1 unspecified atom stereocenters. The fraction of sp³-hybridized carbons (Fsp3) is 0.320. The Kier molecular flexibility index (Phi) is 7.20. The number of carbonyl (C=O) groups excluding carboxylic acids is 1. The molecule has 0 spiro atoms. The van der Waals surface area contributed by atoms with E-state index in [0.29, 0.717) is 27.9 Å². The highest BCUT2D eigenvalue weighted by atomic mass is 35.5. The highest BCUT2D eigenvalue weighted by Crippen LogP contribution is 2.36. The van der Waals surface area contributed by atoms with Crippen LogP contribution in [0.1, 0.15) is 31.7 Å². The highest BCUT2D eigenvalue weighted by molar-refractivity contribution is 6.33. The average Bonchev–Trinajstić information content (AvgIpc) is 3.62. The van der Waals surface area contributed by atoms with Gasteiger partial charge in [0, 0.05) is 30.3 Å². The summed E-state index contributed by atoms with van der Waals surface area (Å²) in [6, 6.07) is 12.5. The van der Waals surface area contributed by atoms with E-state index in [4.69, 9.17) is 11.6 Å². The van der Waals surface area contributed by atoms with Gasteiger partial charge in [-0.15, -0.1) is 0 Å². The molecule has 1 aromatic carbocycles. The molecule has 1 amide bonds. The number of halogens is 2. The van der Waals surface area contributed by atoms with Crippen LogP contribution >= 0.6 is 11.6 Å². The molecule has 1 atom stereocenters. The van der Waals surface area contributed by atoms with Crippen molar-refractivity contribution in [1.82, 2.24) is 9.97 Å². The van der Waals surface area contributed by atoms with Gasteiger partial charge in [0.1, 0.15) is 6.23 Å². The number of nitrogens with one attached hydrogen (secondary N) is 1. The number of amides is 1. The van der Waals surface area contributed by atoms with E-state index >= 15 is 0 Å². The molecule has 4 rings (SSSR count). The second kappa shape index (κ2) is 10.3. The van der Waals surface area contributed by atoms with Gasteiger partial charge in [0.2, 0.25) is 11.9 Å². The third kappa shape index (κ3) is 6.06. The summed E-state index contributed by atoms with van der Waals surface area (Å²) in [5.74, 6) is -0.165. The van der Waals surface area contributed by atoms with Crippen LogP contribution in [0.2, 0.25) is 5.02 Å². The molecule has 2 heterocycles. The Balaban J connectivity index is 1.38. The molecule has 0 saturated heterocycles. The Morgan fingerprint density at radius 2 is 2.09 bits per heavy atom. The molecule has 1 saturated carbocycles. The Hall–Kier alpha value is -3.03. The van der Waals surface area contributed by atoms with Gasteiger partial charge in [-0.2, -0.15) is 4.39 Å². The van der Waals surface area contributed by atoms with E-state index in [1.165, 1.54) is 19.0 Å². The fourth-order valence-electron chi connectivity index (χ4n) is 3.65. The monoisotopic (exact) mass is 468 g/mol.